The molecule has 0 aromatic heterocycles. The first-order chi connectivity index (χ1) is 31.3. The van der Waals surface area contributed by atoms with Crippen LogP contribution in [-0.2, 0) is 0 Å². The van der Waals surface area contributed by atoms with Gasteiger partial charge in [-0.2, -0.15) is 0 Å². The summed E-state index contributed by atoms with van der Waals surface area (Å²) in [6.45, 7) is 0. The number of nitrogens with zero attached hydrogens (tertiary/aromatic N) is 1. The van der Waals surface area contributed by atoms with Gasteiger partial charge >= 0.3 is 0 Å². The molecule has 0 fully saturated rings. The summed E-state index contributed by atoms with van der Waals surface area (Å²) in [6, 6.07) is 94.7. The largest absolute Gasteiger partial charge is 0.309 e. The van der Waals surface area contributed by atoms with Crippen molar-refractivity contribution in [2.75, 3.05) is 4.90 Å². The molecule has 0 atom stereocenters. The molecule has 1 nitrogen and oxygen atoms in total. The van der Waals surface area contributed by atoms with Gasteiger partial charge in [-0.05, 0) is 101 Å². The maximum absolute atomic E-state index is 2.48. The van der Waals surface area contributed by atoms with Crippen molar-refractivity contribution in [2.45, 2.75) is 0 Å². The van der Waals surface area contributed by atoms with E-state index in [2.05, 4.69) is 266 Å². The number of rotatable bonds is 9. The number of anilines is 3. The molecule has 0 aliphatic heterocycles. The molecule has 0 amide bonds. The molecule has 0 spiro atoms. The van der Waals surface area contributed by atoms with Crippen LogP contribution in [-0.4, -0.2) is 0 Å². The molecule has 11 aromatic carbocycles. The highest BCUT2D eigenvalue weighted by atomic mass is 15.1. The fraction of sp³-hybridized carbons (Fsp3) is 0. The summed E-state index contributed by atoms with van der Waals surface area (Å²) in [5.74, 6) is 0. The van der Waals surface area contributed by atoms with Crippen LogP contribution in [0.15, 0.2) is 261 Å². The van der Waals surface area contributed by atoms with Gasteiger partial charge in [0.05, 0.1) is 5.69 Å². The Labute approximate surface area is 369 Å². The summed E-state index contributed by atoms with van der Waals surface area (Å²) < 4.78 is 0. The zero-order chi connectivity index (χ0) is 42.0. The van der Waals surface area contributed by atoms with Crippen molar-refractivity contribution in [3.63, 3.8) is 0 Å². The Morgan fingerprint density at radius 1 is 0.206 bits per heavy atom. The Bertz CT molecular complexity index is 3270. The molecule has 0 aliphatic rings. The Morgan fingerprint density at radius 2 is 0.556 bits per heavy atom. The predicted molar refractivity (Wildman–Crippen MR) is 269 cm³/mol. The summed E-state index contributed by atoms with van der Waals surface area (Å²) in [5.41, 5.74) is 17.6. The normalized spacial score (nSPS) is 11.2. The number of hydrogen-bond acceptors (Lipinski definition) is 1. The first-order valence-corrected chi connectivity index (χ1v) is 21.7. The molecule has 11 rings (SSSR count). The monoisotopic (exact) mass is 801 g/mol. The van der Waals surface area contributed by atoms with Gasteiger partial charge in [0.2, 0.25) is 0 Å². The second kappa shape index (κ2) is 16.7. The third kappa shape index (κ3) is 7.16. The molecule has 0 aliphatic carbocycles. The van der Waals surface area contributed by atoms with Gasteiger partial charge in [-0.15, -0.1) is 0 Å². The van der Waals surface area contributed by atoms with Crippen molar-refractivity contribution < 1.29 is 0 Å². The minimum atomic E-state index is 1.08. The van der Waals surface area contributed by atoms with Crippen LogP contribution in [0.1, 0.15) is 0 Å². The van der Waals surface area contributed by atoms with Gasteiger partial charge in [-0.3, -0.25) is 0 Å². The molecule has 0 saturated carbocycles. The molecule has 0 unspecified atom stereocenters. The number of benzene rings is 11. The Balaban J connectivity index is 1.16. The Kier molecular flexibility index (Phi) is 9.97. The van der Waals surface area contributed by atoms with E-state index < -0.39 is 0 Å². The third-order valence-electron chi connectivity index (χ3n) is 12.3. The molecule has 296 valence electrons. The van der Waals surface area contributed by atoms with Gasteiger partial charge in [-0.25, -0.2) is 0 Å². The van der Waals surface area contributed by atoms with E-state index in [9.17, 15) is 0 Å². The van der Waals surface area contributed by atoms with E-state index in [0.717, 1.165) is 39.3 Å². The predicted octanol–water partition coefficient (Wildman–Crippen LogP) is 17.5. The summed E-state index contributed by atoms with van der Waals surface area (Å²) in [7, 11) is 0. The molecule has 0 bridgehead atoms. The van der Waals surface area contributed by atoms with E-state index in [1.165, 1.54) is 66.1 Å². The molecule has 0 saturated heterocycles. The molecule has 0 heterocycles. The van der Waals surface area contributed by atoms with Gasteiger partial charge in [0.15, 0.2) is 0 Å². The second-order valence-corrected chi connectivity index (χ2v) is 16.0. The minimum absolute atomic E-state index is 1.08. The summed E-state index contributed by atoms with van der Waals surface area (Å²) in [4.78, 5) is 2.48. The first kappa shape index (κ1) is 37.7. The minimum Gasteiger partial charge on any atom is -0.309 e. The van der Waals surface area contributed by atoms with Gasteiger partial charge in [-0.1, -0.05) is 237 Å². The van der Waals surface area contributed by atoms with Crippen molar-refractivity contribution in [1.29, 1.82) is 0 Å². The maximum Gasteiger partial charge on any atom is 0.0618 e. The summed E-state index contributed by atoms with van der Waals surface area (Å²) >= 11 is 0. The van der Waals surface area contributed by atoms with Crippen molar-refractivity contribution in [3.8, 4) is 66.8 Å². The van der Waals surface area contributed by atoms with E-state index in [-0.39, 0.29) is 0 Å². The molecule has 1 heteroatoms. The molecule has 0 N–H and O–H groups in total. The van der Waals surface area contributed by atoms with Crippen LogP contribution in [0, 0.1) is 0 Å². The van der Waals surface area contributed by atoms with Crippen LogP contribution in [0.4, 0.5) is 17.1 Å². The highest BCUT2D eigenvalue weighted by Crippen LogP contribution is 2.50. The van der Waals surface area contributed by atoms with Crippen LogP contribution in [0.2, 0.25) is 0 Å². The fourth-order valence-electron chi connectivity index (χ4n) is 9.31. The van der Waals surface area contributed by atoms with Gasteiger partial charge in [0.1, 0.15) is 0 Å². The lowest BCUT2D eigenvalue weighted by Crippen LogP contribution is -2.13. The zero-order valence-electron chi connectivity index (χ0n) is 34.8. The summed E-state index contributed by atoms with van der Waals surface area (Å²) in [6.07, 6.45) is 0. The Morgan fingerprint density at radius 3 is 1.03 bits per heavy atom. The second-order valence-electron chi connectivity index (χ2n) is 16.0. The van der Waals surface area contributed by atoms with Crippen molar-refractivity contribution in [3.05, 3.63) is 261 Å². The van der Waals surface area contributed by atoms with E-state index in [0.29, 0.717) is 0 Å². The number of para-hydroxylation sites is 1. The lowest BCUT2D eigenvalue weighted by Gasteiger charge is -2.31. The highest BCUT2D eigenvalue weighted by Gasteiger charge is 2.24. The average molecular weight is 802 g/mol. The lowest BCUT2D eigenvalue weighted by molar-refractivity contribution is 1.29. The molecule has 0 radical (unpaired) electrons. The van der Waals surface area contributed by atoms with Crippen LogP contribution in [0.25, 0.3) is 88.3 Å². The van der Waals surface area contributed by atoms with Gasteiger partial charge in [0.25, 0.3) is 0 Å². The maximum atomic E-state index is 2.48. The van der Waals surface area contributed by atoms with E-state index in [1.54, 1.807) is 0 Å². The van der Waals surface area contributed by atoms with Gasteiger partial charge in [0, 0.05) is 22.5 Å². The first-order valence-electron chi connectivity index (χ1n) is 21.7. The smallest absolute Gasteiger partial charge is 0.0618 e. The quantitative estimate of drug-likeness (QED) is 0.131. The van der Waals surface area contributed by atoms with Crippen molar-refractivity contribution >= 4 is 38.6 Å². The average Bonchev–Trinajstić information content (AvgIpc) is 3.37. The highest BCUT2D eigenvalue weighted by molar-refractivity contribution is 6.22. The molecule has 11 aromatic rings. The SMILES string of the molecule is c1ccc(-c2ccc(-c3ccc(N(c4ccc5c(-c6ccccc6)c(-c6ccccc6)c6ccccc6c5c4)c4c(-c5ccccc5)cccc4-c4ccccc4)cc3)cc2)cc1. The van der Waals surface area contributed by atoms with E-state index in [1.807, 2.05) is 0 Å². The van der Waals surface area contributed by atoms with Crippen molar-refractivity contribution in [1.82, 2.24) is 0 Å². The number of fused-ring (bicyclic) bond motifs is 3. The summed E-state index contributed by atoms with van der Waals surface area (Å²) in [5, 5.41) is 4.88. The molecule has 63 heavy (non-hydrogen) atoms. The van der Waals surface area contributed by atoms with Crippen LogP contribution in [0.5, 0.6) is 0 Å². The molecular weight excluding hydrogens is 759 g/mol. The fourth-order valence-corrected chi connectivity index (χ4v) is 9.31. The van der Waals surface area contributed by atoms with Crippen LogP contribution >= 0.6 is 0 Å². The third-order valence-corrected chi connectivity index (χ3v) is 12.3. The van der Waals surface area contributed by atoms with Crippen LogP contribution in [0.3, 0.4) is 0 Å². The number of hydrogen-bond donors (Lipinski definition) is 0. The van der Waals surface area contributed by atoms with Gasteiger partial charge < -0.3 is 4.90 Å². The van der Waals surface area contributed by atoms with Crippen LogP contribution < -0.4 is 4.90 Å². The lowest BCUT2D eigenvalue weighted by atomic mass is 9.85. The van der Waals surface area contributed by atoms with E-state index in [4.69, 9.17) is 0 Å². The zero-order valence-corrected chi connectivity index (χ0v) is 34.8. The van der Waals surface area contributed by atoms with Crippen molar-refractivity contribution in [2.24, 2.45) is 0 Å². The molecular formula is C62H43N. The Hall–Kier alpha value is -8.26. The topological polar surface area (TPSA) is 3.24 Å². The van der Waals surface area contributed by atoms with E-state index >= 15 is 0 Å². The standard InChI is InChI=1S/C62H43N/c1-6-19-44(20-7-1)45-33-35-46(36-34-45)47-37-39-52(40-38-47)63(62-54(48-21-8-2-9-22-48)31-18-32-55(62)49-23-10-3-11-24-49)53-41-42-58-59(43-53)56-29-16-17-30-57(56)60(50-25-12-4-13-26-50)61(58)51-27-14-5-15-28-51/h1-43H.